The van der Waals surface area contributed by atoms with Crippen LogP contribution in [0.5, 0.6) is 0 Å². The van der Waals surface area contributed by atoms with Gasteiger partial charge in [-0.3, -0.25) is 0 Å². The molecule has 2 heterocycles. The van der Waals surface area contributed by atoms with Crippen molar-refractivity contribution in [3.05, 3.63) is 139 Å². The fourth-order valence-electron chi connectivity index (χ4n) is 7.53. The SMILES string of the molecule is N#Cc1cccc(-c2ccc(-c3cccc(-c4nc(-c5cccc6oc7ccccc7c56)nc(C5CCCCC5)n4)c3)c3ccccc23)c1. The van der Waals surface area contributed by atoms with E-state index in [2.05, 4.69) is 84.9 Å². The van der Waals surface area contributed by atoms with Gasteiger partial charge in [-0.1, -0.05) is 116 Å². The van der Waals surface area contributed by atoms with Gasteiger partial charge in [0, 0.05) is 27.8 Å². The lowest BCUT2D eigenvalue weighted by Crippen LogP contribution is -2.11. The Morgan fingerprint density at radius 3 is 1.94 bits per heavy atom. The van der Waals surface area contributed by atoms with Crippen LogP contribution in [-0.4, -0.2) is 15.0 Å². The van der Waals surface area contributed by atoms with Crippen molar-refractivity contribution < 1.29 is 4.42 Å². The van der Waals surface area contributed by atoms with Crippen LogP contribution in [0.4, 0.5) is 0 Å². The van der Waals surface area contributed by atoms with E-state index in [1.807, 2.05) is 48.5 Å². The van der Waals surface area contributed by atoms with Gasteiger partial charge in [-0.15, -0.1) is 0 Å². The Balaban J connectivity index is 1.20. The van der Waals surface area contributed by atoms with Gasteiger partial charge in [0.05, 0.1) is 11.6 Å². The highest BCUT2D eigenvalue weighted by Crippen LogP contribution is 2.39. The van der Waals surface area contributed by atoms with Crippen molar-refractivity contribution in [2.75, 3.05) is 0 Å². The summed E-state index contributed by atoms with van der Waals surface area (Å²) >= 11 is 0. The molecule has 2 aromatic heterocycles. The molecule has 9 rings (SSSR count). The molecule has 5 heteroatoms. The van der Waals surface area contributed by atoms with Gasteiger partial charge in [0.25, 0.3) is 0 Å². The standard InChI is InChI=1S/C44H32N4O/c45-27-28-11-8-14-30(25-28)33-23-24-34(36-18-5-4-17-35(33)36)31-15-9-16-32(26-31)43-46-42(29-12-2-1-3-13-29)47-44(48-43)38-20-10-22-40-41(38)37-19-6-7-21-39(37)49-40/h4-11,14-26,29H,1-3,12-13H2. The van der Waals surface area contributed by atoms with Crippen LogP contribution in [0.2, 0.25) is 0 Å². The summed E-state index contributed by atoms with van der Waals surface area (Å²) in [5.74, 6) is 2.56. The molecule has 0 spiro atoms. The van der Waals surface area contributed by atoms with Crippen molar-refractivity contribution in [3.63, 3.8) is 0 Å². The molecule has 1 fully saturated rings. The number of fused-ring (bicyclic) bond motifs is 4. The molecule has 49 heavy (non-hydrogen) atoms. The summed E-state index contributed by atoms with van der Waals surface area (Å²) < 4.78 is 6.24. The first kappa shape index (κ1) is 29.1. The summed E-state index contributed by atoms with van der Waals surface area (Å²) in [6.45, 7) is 0. The van der Waals surface area contributed by atoms with E-state index >= 15 is 0 Å². The molecule has 0 amide bonds. The maximum atomic E-state index is 9.52. The number of aromatic nitrogens is 3. The van der Waals surface area contributed by atoms with Gasteiger partial charge >= 0.3 is 0 Å². The summed E-state index contributed by atoms with van der Waals surface area (Å²) in [6.07, 6.45) is 5.85. The van der Waals surface area contributed by atoms with Crippen molar-refractivity contribution in [1.29, 1.82) is 5.26 Å². The molecule has 1 aliphatic rings. The molecule has 0 aliphatic heterocycles. The quantitative estimate of drug-likeness (QED) is 0.189. The zero-order chi connectivity index (χ0) is 32.7. The maximum Gasteiger partial charge on any atom is 0.164 e. The summed E-state index contributed by atoms with van der Waals surface area (Å²) in [6, 6.07) is 45.8. The van der Waals surface area contributed by atoms with E-state index in [4.69, 9.17) is 19.4 Å². The summed E-state index contributed by atoms with van der Waals surface area (Å²) in [4.78, 5) is 15.5. The average Bonchev–Trinajstić information content (AvgIpc) is 3.57. The molecule has 1 aliphatic carbocycles. The number of rotatable bonds is 5. The molecule has 234 valence electrons. The molecule has 8 aromatic rings. The first-order chi connectivity index (χ1) is 24.2. The first-order valence-electron chi connectivity index (χ1n) is 17.0. The molecule has 5 nitrogen and oxygen atoms in total. The van der Waals surface area contributed by atoms with Gasteiger partial charge < -0.3 is 4.42 Å². The zero-order valence-corrected chi connectivity index (χ0v) is 26.9. The Morgan fingerprint density at radius 1 is 0.531 bits per heavy atom. The predicted molar refractivity (Wildman–Crippen MR) is 197 cm³/mol. The number of benzene rings is 6. The predicted octanol–water partition coefficient (Wildman–Crippen LogP) is 11.5. The topological polar surface area (TPSA) is 75.6 Å². The molecular formula is C44H32N4O. The third-order valence-electron chi connectivity index (χ3n) is 9.92. The minimum atomic E-state index is 0.314. The molecule has 0 atom stereocenters. The normalized spacial score (nSPS) is 13.6. The Hall–Kier alpha value is -6.12. The Kier molecular flexibility index (Phi) is 7.21. The number of hydrogen-bond donors (Lipinski definition) is 0. The van der Waals surface area contributed by atoms with Crippen molar-refractivity contribution in [2.24, 2.45) is 0 Å². The maximum absolute atomic E-state index is 9.52. The van der Waals surface area contributed by atoms with Crippen LogP contribution in [-0.2, 0) is 0 Å². The molecule has 0 unspecified atom stereocenters. The second-order valence-electron chi connectivity index (χ2n) is 12.9. The Morgan fingerprint density at radius 2 is 1.16 bits per heavy atom. The number of para-hydroxylation sites is 1. The van der Waals surface area contributed by atoms with E-state index in [0.717, 1.165) is 84.8 Å². The van der Waals surface area contributed by atoms with E-state index in [0.29, 0.717) is 23.1 Å². The minimum absolute atomic E-state index is 0.314. The van der Waals surface area contributed by atoms with Crippen molar-refractivity contribution >= 4 is 32.7 Å². The molecule has 6 aromatic carbocycles. The van der Waals surface area contributed by atoms with Crippen molar-refractivity contribution in [3.8, 4) is 51.1 Å². The van der Waals surface area contributed by atoms with Crippen LogP contribution >= 0.6 is 0 Å². The highest BCUT2D eigenvalue weighted by Gasteiger charge is 2.23. The lowest BCUT2D eigenvalue weighted by Gasteiger charge is -2.21. The molecule has 0 radical (unpaired) electrons. The third-order valence-corrected chi connectivity index (χ3v) is 9.92. The molecule has 1 saturated carbocycles. The second-order valence-corrected chi connectivity index (χ2v) is 12.9. The Bertz CT molecular complexity index is 2570. The minimum Gasteiger partial charge on any atom is -0.456 e. The highest BCUT2D eigenvalue weighted by molar-refractivity contribution is 6.11. The van der Waals surface area contributed by atoms with E-state index in [1.165, 1.54) is 19.3 Å². The Labute approximate surface area is 284 Å². The largest absolute Gasteiger partial charge is 0.456 e. The van der Waals surface area contributed by atoms with Crippen LogP contribution in [0.3, 0.4) is 0 Å². The van der Waals surface area contributed by atoms with Gasteiger partial charge in [-0.2, -0.15) is 5.26 Å². The molecule has 0 saturated heterocycles. The zero-order valence-electron chi connectivity index (χ0n) is 26.9. The van der Waals surface area contributed by atoms with E-state index in [1.54, 1.807) is 0 Å². The summed E-state index contributed by atoms with van der Waals surface area (Å²) in [7, 11) is 0. The molecular weight excluding hydrogens is 601 g/mol. The highest BCUT2D eigenvalue weighted by atomic mass is 16.3. The van der Waals surface area contributed by atoms with Gasteiger partial charge in [-0.25, -0.2) is 15.0 Å². The van der Waals surface area contributed by atoms with Gasteiger partial charge in [0.1, 0.15) is 17.0 Å². The average molecular weight is 633 g/mol. The van der Waals surface area contributed by atoms with Gasteiger partial charge in [0.2, 0.25) is 0 Å². The lowest BCUT2D eigenvalue weighted by atomic mass is 9.88. The number of nitrogens with zero attached hydrogens (tertiary/aromatic N) is 4. The number of hydrogen-bond acceptors (Lipinski definition) is 5. The fourth-order valence-corrected chi connectivity index (χ4v) is 7.53. The van der Waals surface area contributed by atoms with Gasteiger partial charge in [0.15, 0.2) is 11.6 Å². The number of nitriles is 1. The van der Waals surface area contributed by atoms with E-state index < -0.39 is 0 Å². The smallest absolute Gasteiger partial charge is 0.164 e. The van der Waals surface area contributed by atoms with E-state index in [9.17, 15) is 5.26 Å². The fraction of sp³-hybridized carbons (Fsp3) is 0.136. The van der Waals surface area contributed by atoms with Crippen molar-refractivity contribution in [2.45, 2.75) is 38.0 Å². The van der Waals surface area contributed by atoms with Crippen LogP contribution in [0, 0.1) is 11.3 Å². The third kappa shape index (κ3) is 5.23. The molecule has 0 N–H and O–H groups in total. The first-order valence-corrected chi connectivity index (χ1v) is 17.0. The van der Waals surface area contributed by atoms with Crippen LogP contribution in [0.25, 0.3) is 77.7 Å². The molecule has 0 bridgehead atoms. The second kappa shape index (κ2) is 12.2. The lowest BCUT2D eigenvalue weighted by molar-refractivity contribution is 0.428. The summed E-state index contributed by atoms with van der Waals surface area (Å²) in [5, 5.41) is 13.9. The van der Waals surface area contributed by atoms with Gasteiger partial charge in [-0.05, 0) is 76.2 Å². The monoisotopic (exact) mass is 632 g/mol. The van der Waals surface area contributed by atoms with Crippen LogP contribution in [0.15, 0.2) is 132 Å². The van der Waals surface area contributed by atoms with Crippen molar-refractivity contribution in [1.82, 2.24) is 15.0 Å². The van der Waals surface area contributed by atoms with E-state index in [-0.39, 0.29) is 0 Å². The summed E-state index contributed by atoms with van der Waals surface area (Å²) in [5.41, 5.74) is 8.62. The van der Waals surface area contributed by atoms with Crippen LogP contribution in [0.1, 0.15) is 49.4 Å². The van der Waals surface area contributed by atoms with Crippen LogP contribution < -0.4 is 0 Å². The number of furan rings is 1.